The summed E-state index contributed by atoms with van der Waals surface area (Å²) < 4.78 is 24.3. The van der Waals surface area contributed by atoms with E-state index in [0.717, 1.165) is 73.3 Å². The molecule has 0 atom stereocenters. The van der Waals surface area contributed by atoms with Gasteiger partial charge in [-0.1, -0.05) is 42.5 Å². The van der Waals surface area contributed by atoms with Crippen LogP contribution in [0.5, 0.6) is 23.0 Å². The van der Waals surface area contributed by atoms with Crippen LogP contribution in [0.3, 0.4) is 0 Å². The average Bonchev–Trinajstić information content (AvgIpc) is 3.80. The lowest BCUT2D eigenvalue weighted by molar-refractivity contribution is 0.347. The van der Waals surface area contributed by atoms with E-state index >= 15 is 0 Å². The van der Waals surface area contributed by atoms with E-state index in [1.807, 2.05) is 54.6 Å². The number of hydrogen-bond acceptors (Lipinski definition) is 8. The van der Waals surface area contributed by atoms with Gasteiger partial charge in [-0.05, 0) is 59.5 Å². The highest BCUT2D eigenvalue weighted by Gasteiger charge is 2.40. The maximum absolute atomic E-state index is 6.50. The SMILES string of the molecule is c1cc(C2=NCCO2)nc(-c2ccc3c(c2)Oc2cccc4c2B3c2ccc(-c3cccc(C5=NCCO5)n3)cc2O4)c1. The van der Waals surface area contributed by atoms with Crippen LogP contribution in [0.25, 0.3) is 22.5 Å². The Morgan fingerprint density at radius 3 is 1.49 bits per heavy atom. The van der Waals surface area contributed by atoms with Gasteiger partial charge in [-0.3, -0.25) is 0 Å². The average molecular weight is 562 g/mol. The van der Waals surface area contributed by atoms with Crippen LogP contribution in [0, 0.1) is 0 Å². The van der Waals surface area contributed by atoms with Crippen molar-refractivity contribution in [3.63, 3.8) is 0 Å². The van der Waals surface area contributed by atoms with Crippen molar-refractivity contribution in [3.05, 3.63) is 102 Å². The quantitative estimate of drug-likeness (QED) is 0.301. The number of pyridine rings is 2. The van der Waals surface area contributed by atoms with Crippen LogP contribution in [0.2, 0.25) is 0 Å². The van der Waals surface area contributed by atoms with Crippen molar-refractivity contribution in [3.8, 4) is 45.5 Å². The highest BCUT2D eigenvalue weighted by molar-refractivity contribution is 6.98. The second-order valence-electron chi connectivity index (χ2n) is 10.7. The number of nitrogens with zero attached hydrogens (tertiary/aromatic N) is 4. The van der Waals surface area contributed by atoms with Crippen molar-refractivity contribution in [2.75, 3.05) is 26.3 Å². The standard InChI is InChI=1S/C34H23BN4O4/c1-4-24(38-26(6-1)33-36-14-16-40-33)20-10-12-22-30(18-20)42-28-8-3-9-29-32(28)35(22)23-13-11-21(19-31(23)43-29)25-5-2-7-27(39-25)34-37-15-17-41-34/h1-13,18-19H,14-17H2. The Hall–Kier alpha value is -5.44. The molecule has 43 heavy (non-hydrogen) atoms. The molecule has 9 rings (SSSR count). The second-order valence-corrected chi connectivity index (χ2v) is 10.7. The first-order valence-corrected chi connectivity index (χ1v) is 14.4. The Kier molecular flexibility index (Phi) is 5.38. The minimum atomic E-state index is -0.0390. The van der Waals surface area contributed by atoms with Crippen molar-refractivity contribution in [1.29, 1.82) is 0 Å². The van der Waals surface area contributed by atoms with Crippen LogP contribution in [-0.2, 0) is 9.47 Å². The van der Waals surface area contributed by atoms with E-state index in [9.17, 15) is 0 Å². The number of benzene rings is 3. The second kappa shape index (κ2) is 9.56. The molecule has 0 saturated heterocycles. The molecular formula is C34H23BN4O4. The van der Waals surface area contributed by atoms with Crippen LogP contribution < -0.4 is 25.9 Å². The van der Waals surface area contributed by atoms with Crippen LogP contribution in [0.1, 0.15) is 11.4 Å². The van der Waals surface area contributed by atoms with E-state index in [4.69, 9.17) is 28.9 Å². The lowest BCUT2D eigenvalue weighted by atomic mass is 9.35. The predicted octanol–water partition coefficient (Wildman–Crippen LogP) is 4.09. The molecule has 0 bridgehead atoms. The molecule has 0 radical (unpaired) electrons. The van der Waals surface area contributed by atoms with Crippen LogP contribution in [-0.4, -0.2) is 54.8 Å². The third-order valence-electron chi connectivity index (χ3n) is 8.10. The van der Waals surface area contributed by atoms with Crippen molar-refractivity contribution in [2.45, 2.75) is 0 Å². The number of ether oxygens (including phenoxy) is 4. The summed E-state index contributed by atoms with van der Waals surface area (Å²) in [5.74, 6) is 4.39. The summed E-state index contributed by atoms with van der Waals surface area (Å²) in [4.78, 5) is 18.5. The van der Waals surface area contributed by atoms with Gasteiger partial charge in [0.1, 0.15) is 47.6 Å². The fourth-order valence-corrected chi connectivity index (χ4v) is 6.15. The molecule has 5 aromatic rings. The Labute approximate surface area is 247 Å². The van der Waals surface area contributed by atoms with Crippen LogP contribution >= 0.6 is 0 Å². The van der Waals surface area contributed by atoms with Gasteiger partial charge < -0.3 is 18.9 Å². The van der Waals surface area contributed by atoms with Crippen molar-refractivity contribution in [1.82, 2.24) is 9.97 Å². The molecule has 6 heterocycles. The van der Waals surface area contributed by atoms with Gasteiger partial charge in [-0.15, -0.1) is 0 Å². The van der Waals surface area contributed by atoms with Crippen molar-refractivity contribution in [2.24, 2.45) is 9.98 Å². The first-order valence-electron chi connectivity index (χ1n) is 14.4. The third kappa shape index (κ3) is 4.00. The third-order valence-corrected chi connectivity index (χ3v) is 8.10. The zero-order chi connectivity index (χ0) is 28.3. The summed E-state index contributed by atoms with van der Waals surface area (Å²) in [6, 6.07) is 30.4. The van der Waals surface area contributed by atoms with Crippen molar-refractivity contribution >= 4 is 34.9 Å². The molecule has 2 aromatic heterocycles. The summed E-state index contributed by atoms with van der Waals surface area (Å²) in [6.45, 7) is 2.48. The van der Waals surface area contributed by atoms with Crippen LogP contribution in [0.4, 0.5) is 0 Å². The van der Waals surface area contributed by atoms with Gasteiger partial charge in [-0.2, -0.15) is 0 Å². The van der Waals surface area contributed by atoms with E-state index in [1.54, 1.807) is 0 Å². The van der Waals surface area contributed by atoms with Gasteiger partial charge in [-0.25, -0.2) is 20.0 Å². The Bertz CT molecular complexity index is 1890. The molecular weight excluding hydrogens is 539 g/mol. The molecule has 0 fully saturated rings. The van der Waals surface area contributed by atoms with Gasteiger partial charge in [0.05, 0.1) is 24.5 Å². The van der Waals surface area contributed by atoms with Gasteiger partial charge in [0.15, 0.2) is 0 Å². The summed E-state index contributed by atoms with van der Waals surface area (Å²) >= 11 is 0. The maximum Gasteiger partial charge on any atom is 0.260 e. The Morgan fingerprint density at radius 2 is 1.00 bits per heavy atom. The molecule has 3 aromatic carbocycles. The molecule has 0 spiro atoms. The van der Waals surface area contributed by atoms with Gasteiger partial charge >= 0.3 is 0 Å². The minimum Gasteiger partial charge on any atom is -0.474 e. The molecule has 0 N–H and O–H groups in total. The molecule has 0 amide bonds. The number of aliphatic imine (C=N–C) groups is 2. The molecule has 4 aliphatic rings. The highest BCUT2D eigenvalue weighted by atomic mass is 16.5. The molecule has 0 saturated carbocycles. The number of hydrogen-bond donors (Lipinski definition) is 0. The maximum atomic E-state index is 6.50. The lowest BCUT2D eigenvalue weighted by Gasteiger charge is -2.33. The summed E-state index contributed by atoms with van der Waals surface area (Å²) in [6.07, 6.45) is 0. The lowest BCUT2D eigenvalue weighted by Crippen LogP contribution is -2.57. The Morgan fingerprint density at radius 1 is 0.512 bits per heavy atom. The zero-order valence-electron chi connectivity index (χ0n) is 23.0. The first-order chi connectivity index (χ1) is 21.3. The smallest absolute Gasteiger partial charge is 0.260 e. The van der Waals surface area contributed by atoms with E-state index in [-0.39, 0.29) is 6.71 Å². The summed E-state index contributed by atoms with van der Waals surface area (Å²) in [7, 11) is 0. The molecule has 206 valence electrons. The molecule has 9 heteroatoms. The molecule has 0 aliphatic carbocycles. The van der Waals surface area contributed by atoms with Gasteiger partial charge in [0, 0.05) is 16.6 Å². The van der Waals surface area contributed by atoms with E-state index in [0.29, 0.717) is 38.1 Å². The van der Waals surface area contributed by atoms with E-state index < -0.39 is 0 Å². The fourth-order valence-electron chi connectivity index (χ4n) is 6.15. The topological polar surface area (TPSA) is 87.4 Å². The summed E-state index contributed by atoms with van der Waals surface area (Å²) in [5, 5.41) is 0. The highest BCUT2D eigenvalue weighted by Crippen LogP contribution is 2.36. The van der Waals surface area contributed by atoms with Crippen molar-refractivity contribution < 1.29 is 18.9 Å². The Balaban J connectivity index is 1.12. The molecule has 0 unspecified atom stereocenters. The van der Waals surface area contributed by atoms with Crippen LogP contribution in [0.15, 0.2) is 101 Å². The van der Waals surface area contributed by atoms with Gasteiger partial charge in [0.2, 0.25) is 11.8 Å². The minimum absolute atomic E-state index is 0.0390. The number of fused-ring (bicyclic) bond motifs is 4. The largest absolute Gasteiger partial charge is 0.474 e. The molecule has 8 nitrogen and oxygen atoms in total. The monoisotopic (exact) mass is 562 g/mol. The normalized spacial score (nSPS) is 15.6. The summed E-state index contributed by atoms with van der Waals surface area (Å²) in [5.41, 5.74) is 8.27. The zero-order valence-corrected chi connectivity index (χ0v) is 23.0. The first kappa shape index (κ1) is 24.2. The van der Waals surface area contributed by atoms with E-state index in [1.165, 1.54) is 0 Å². The number of rotatable bonds is 4. The number of aromatic nitrogens is 2. The fraction of sp³-hybridized carbons (Fsp3) is 0.118. The van der Waals surface area contributed by atoms with E-state index in [2.05, 4.69) is 46.4 Å². The predicted molar refractivity (Wildman–Crippen MR) is 165 cm³/mol. The molecule has 4 aliphatic heterocycles. The van der Waals surface area contributed by atoms with Gasteiger partial charge in [0.25, 0.3) is 6.71 Å².